The lowest BCUT2D eigenvalue weighted by molar-refractivity contribution is 0.710. The number of unbranched alkanes of at least 4 members (excludes halogenated alkanes) is 1. The fourth-order valence-electron chi connectivity index (χ4n) is 6.09. The summed E-state index contributed by atoms with van der Waals surface area (Å²) in [6.07, 6.45) is 10.1. The zero-order valence-corrected chi connectivity index (χ0v) is 24.0. The van der Waals surface area contributed by atoms with E-state index in [0.29, 0.717) is 0 Å². The minimum absolute atomic E-state index is 1.09. The molecule has 1 nitrogen and oxygen atoms in total. The van der Waals surface area contributed by atoms with Gasteiger partial charge in [-0.25, -0.2) is 0 Å². The predicted molar refractivity (Wildman–Crippen MR) is 162 cm³/mol. The maximum atomic E-state index is 3.61. The molecule has 0 aromatic heterocycles. The first-order valence-electron chi connectivity index (χ1n) is 13.2. The first-order valence-corrected chi connectivity index (χ1v) is 14.8. The molecular formula is C33H31Br2N. The molecule has 0 aliphatic heterocycles. The molecule has 0 saturated carbocycles. The van der Waals surface area contributed by atoms with Crippen molar-refractivity contribution in [1.82, 2.24) is 0 Å². The number of rotatable bonds is 6. The van der Waals surface area contributed by atoms with Gasteiger partial charge in [-0.15, -0.1) is 0 Å². The molecule has 0 saturated heterocycles. The molecule has 3 heteroatoms. The summed E-state index contributed by atoms with van der Waals surface area (Å²) in [5, 5.41) is 2.81. The first kappa shape index (κ1) is 24.0. The molecule has 0 bridgehead atoms. The molecule has 0 fully saturated rings. The third kappa shape index (κ3) is 4.46. The highest BCUT2D eigenvalue weighted by molar-refractivity contribution is 9.10. The molecule has 0 spiro atoms. The Labute approximate surface area is 231 Å². The van der Waals surface area contributed by atoms with Gasteiger partial charge in [-0.3, -0.25) is 0 Å². The Morgan fingerprint density at radius 2 is 1.39 bits per heavy atom. The average Bonchev–Trinajstić information content (AvgIpc) is 3.27. The maximum Gasteiger partial charge on any atom is 0.0468 e. The van der Waals surface area contributed by atoms with Crippen molar-refractivity contribution in [3.8, 4) is 0 Å². The number of hydrogen-bond acceptors (Lipinski definition) is 1. The van der Waals surface area contributed by atoms with E-state index in [0.717, 1.165) is 20.3 Å². The summed E-state index contributed by atoms with van der Waals surface area (Å²) in [5.74, 6) is 0. The van der Waals surface area contributed by atoms with Gasteiger partial charge in [0, 0.05) is 26.0 Å². The summed E-state index contributed by atoms with van der Waals surface area (Å²) in [7, 11) is 0. The van der Waals surface area contributed by atoms with Gasteiger partial charge in [0.2, 0.25) is 0 Å². The third-order valence-electron chi connectivity index (χ3n) is 7.86. The van der Waals surface area contributed by atoms with Gasteiger partial charge in [-0.2, -0.15) is 0 Å². The Morgan fingerprint density at radius 1 is 0.750 bits per heavy atom. The number of hydrogen-bond donors (Lipinski definition) is 0. The van der Waals surface area contributed by atoms with Crippen LogP contribution in [0.2, 0.25) is 0 Å². The van der Waals surface area contributed by atoms with Crippen molar-refractivity contribution < 1.29 is 0 Å². The summed E-state index contributed by atoms with van der Waals surface area (Å²) in [4.78, 5) is 2.36. The Morgan fingerprint density at radius 3 is 2.06 bits per heavy atom. The minimum atomic E-state index is 1.09. The van der Waals surface area contributed by atoms with Crippen molar-refractivity contribution in [1.29, 1.82) is 0 Å². The Hall–Kier alpha value is -2.36. The zero-order valence-electron chi connectivity index (χ0n) is 20.8. The van der Waals surface area contributed by atoms with E-state index in [2.05, 4.69) is 116 Å². The number of aryl methyl sites for hydroxylation is 1. The third-order valence-corrected chi connectivity index (χ3v) is 8.91. The van der Waals surface area contributed by atoms with Crippen molar-refractivity contribution in [2.45, 2.75) is 58.3 Å². The number of nitrogens with zero attached hydrogens (tertiary/aromatic N) is 1. The van der Waals surface area contributed by atoms with Gasteiger partial charge in [-0.05, 0) is 145 Å². The largest absolute Gasteiger partial charge is 0.310 e. The lowest BCUT2D eigenvalue weighted by Crippen LogP contribution is -2.10. The van der Waals surface area contributed by atoms with Crippen LogP contribution in [0.25, 0.3) is 16.3 Å². The van der Waals surface area contributed by atoms with Crippen LogP contribution in [0, 0.1) is 0 Å². The van der Waals surface area contributed by atoms with Gasteiger partial charge in [0.25, 0.3) is 0 Å². The van der Waals surface area contributed by atoms with Crippen molar-refractivity contribution in [3.63, 3.8) is 0 Å². The van der Waals surface area contributed by atoms with E-state index < -0.39 is 0 Å². The van der Waals surface area contributed by atoms with E-state index in [9.17, 15) is 0 Å². The molecule has 4 aromatic rings. The van der Waals surface area contributed by atoms with Crippen LogP contribution >= 0.6 is 31.9 Å². The normalized spacial score (nSPS) is 14.8. The Balaban J connectivity index is 1.53. The monoisotopic (exact) mass is 599 g/mol. The highest BCUT2D eigenvalue weighted by Gasteiger charge is 2.27. The van der Waals surface area contributed by atoms with Crippen molar-refractivity contribution in [2.75, 3.05) is 4.90 Å². The van der Waals surface area contributed by atoms with E-state index in [1.165, 1.54) is 67.8 Å². The van der Waals surface area contributed by atoms with Crippen LogP contribution in [0.5, 0.6) is 0 Å². The second-order valence-corrected chi connectivity index (χ2v) is 12.0. The van der Waals surface area contributed by atoms with Crippen LogP contribution in [-0.4, -0.2) is 0 Å². The number of halogens is 2. The summed E-state index contributed by atoms with van der Waals surface area (Å²) in [6.45, 7) is 2.31. The summed E-state index contributed by atoms with van der Waals surface area (Å²) in [6, 6.07) is 26.9. The predicted octanol–water partition coefficient (Wildman–Crippen LogP) is 11.1. The molecular weight excluding hydrogens is 570 g/mol. The van der Waals surface area contributed by atoms with Gasteiger partial charge in [0.1, 0.15) is 0 Å². The molecule has 2 aliphatic rings. The molecule has 4 aromatic carbocycles. The van der Waals surface area contributed by atoms with Crippen LogP contribution in [-0.2, 0) is 12.8 Å². The van der Waals surface area contributed by atoms with E-state index in [1.54, 1.807) is 27.8 Å². The van der Waals surface area contributed by atoms with Crippen LogP contribution in [0.15, 0.2) is 87.3 Å². The van der Waals surface area contributed by atoms with Gasteiger partial charge in [0.05, 0.1) is 0 Å². The molecule has 0 amide bonds. The highest BCUT2D eigenvalue weighted by Crippen LogP contribution is 2.46. The van der Waals surface area contributed by atoms with Crippen LogP contribution in [0.1, 0.15) is 62.1 Å². The average molecular weight is 601 g/mol. The van der Waals surface area contributed by atoms with Crippen LogP contribution in [0.3, 0.4) is 0 Å². The summed E-state index contributed by atoms with van der Waals surface area (Å²) < 4.78 is 2.18. The maximum absolute atomic E-state index is 3.61. The Kier molecular flexibility index (Phi) is 6.79. The molecule has 182 valence electrons. The fraction of sp³-hybridized carbons (Fsp3) is 0.273. The van der Waals surface area contributed by atoms with Gasteiger partial charge in [-0.1, -0.05) is 56.8 Å². The van der Waals surface area contributed by atoms with E-state index in [1.807, 2.05) is 0 Å². The number of fused-ring (bicyclic) bond motifs is 3. The quantitative estimate of drug-likeness (QED) is 0.213. The van der Waals surface area contributed by atoms with Crippen molar-refractivity contribution in [2.24, 2.45) is 0 Å². The molecule has 0 radical (unpaired) electrons. The lowest BCUT2D eigenvalue weighted by Gasteiger charge is -2.26. The van der Waals surface area contributed by atoms with Crippen molar-refractivity contribution >= 4 is 65.3 Å². The van der Waals surface area contributed by atoms with Crippen molar-refractivity contribution in [3.05, 3.63) is 104 Å². The van der Waals surface area contributed by atoms with Gasteiger partial charge >= 0.3 is 0 Å². The SMILES string of the molecule is CCCCc1c2c(cc3cc(N(c4ccc(Br)cc4)c4ccc(Br)cc4)ccc13)C1=C(CCCC1)C2. The molecule has 0 N–H and O–H groups in total. The highest BCUT2D eigenvalue weighted by atomic mass is 79.9. The minimum Gasteiger partial charge on any atom is -0.310 e. The molecule has 6 rings (SSSR count). The fourth-order valence-corrected chi connectivity index (χ4v) is 6.62. The summed E-state index contributed by atoms with van der Waals surface area (Å²) in [5.41, 5.74) is 11.7. The second-order valence-electron chi connectivity index (χ2n) is 10.1. The Bertz CT molecular complexity index is 1400. The van der Waals surface area contributed by atoms with E-state index >= 15 is 0 Å². The van der Waals surface area contributed by atoms with E-state index in [4.69, 9.17) is 0 Å². The number of anilines is 3. The first-order chi connectivity index (χ1) is 17.6. The standard InChI is InChI=1S/C33H31Br2N/c1-2-3-7-31-30-18-17-28(19-23(30)21-32-29-8-5-4-6-22(29)20-33(31)32)36(26-13-9-24(34)10-14-26)27-15-11-25(35)12-16-27/h9-19,21H,2-8,20H2,1H3. The molecule has 2 aliphatic carbocycles. The lowest BCUT2D eigenvalue weighted by atomic mass is 9.89. The summed E-state index contributed by atoms with van der Waals surface area (Å²) >= 11 is 7.21. The van der Waals surface area contributed by atoms with Crippen LogP contribution < -0.4 is 4.90 Å². The van der Waals surface area contributed by atoms with E-state index in [-0.39, 0.29) is 0 Å². The molecule has 0 heterocycles. The topological polar surface area (TPSA) is 3.24 Å². The molecule has 0 unspecified atom stereocenters. The number of allylic oxidation sites excluding steroid dienone is 2. The molecule has 36 heavy (non-hydrogen) atoms. The van der Waals surface area contributed by atoms with Gasteiger partial charge < -0.3 is 4.90 Å². The van der Waals surface area contributed by atoms with Gasteiger partial charge in [0.15, 0.2) is 0 Å². The molecule has 0 atom stereocenters. The van der Waals surface area contributed by atoms with Crippen LogP contribution in [0.4, 0.5) is 17.1 Å². The second kappa shape index (κ2) is 10.2. The number of benzene rings is 4. The zero-order chi connectivity index (χ0) is 24.6. The smallest absolute Gasteiger partial charge is 0.0468 e.